The van der Waals surface area contributed by atoms with Crippen molar-refractivity contribution in [1.82, 2.24) is 9.97 Å². The van der Waals surface area contributed by atoms with E-state index in [2.05, 4.69) is 27.2 Å². The molecule has 0 aliphatic carbocycles. The van der Waals surface area contributed by atoms with Gasteiger partial charge in [0.25, 0.3) is 0 Å². The zero-order valence-corrected chi connectivity index (χ0v) is 9.63. The normalized spacial score (nSPS) is 10.2. The molecule has 2 rings (SSSR count). The molecule has 17 heavy (non-hydrogen) atoms. The molecule has 0 spiro atoms. The van der Waals surface area contributed by atoms with Crippen LogP contribution in [0.3, 0.4) is 0 Å². The predicted octanol–water partition coefficient (Wildman–Crippen LogP) is 1.38. The van der Waals surface area contributed by atoms with Crippen LogP contribution in [-0.2, 0) is 6.54 Å². The standard InChI is InChI=1S/C11H15N5O/c1-2-16(8-9-4-3-7-17-9)10-5-6-13-11(14-10)15-12/h3-7H,2,8,12H2,1H3,(H,13,14,15). The molecule has 0 aliphatic rings. The maximum absolute atomic E-state index is 5.32. The van der Waals surface area contributed by atoms with Gasteiger partial charge in [-0.15, -0.1) is 0 Å². The second-order valence-electron chi connectivity index (χ2n) is 3.48. The van der Waals surface area contributed by atoms with Crippen LogP contribution in [-0.4, -0.2) is 16.5 Å². The molecule has 0 aromatic carbocycles. The Morgan fingerprint density at radius 3 is 3.00 bits per heavy atom. The fraction of sp³-hybridized carbons (Fsp3) is 0.273. The average Bonchev–Trinajstić information content (AvgIpc) is 2.89. The van der Waals surface area contributed by atoms with Gasteiger partial charge in [0.05, 0.1) is 12.8 Å². The zero-order chi connectivity index (χ0) is 12.1. The van der Waals surface area contributed by atoms with Crippen molar-refractivity contribution < 1.29 is 4.42 Å². The van der Waals surface area contributed by atoms with Crippen molar-refractivity contribution in [2.45, 2.75) is 13.5 Å². The van der Waals surface area contributed by atoms with Crippen molar-refractivity contribution in [1.29, 1.82) is 0 Å². The molecule has 0 amide bonds. The SMILES string of the molecule is CCN(Cc1ccco1)c1ccnc(NN)n1. The first-order valence-electron chi connectivity index (χ1n) is 5.40. The van der Waals surface area contributed by atoms with Crippen LogP contribution in [0.2, 0.25) is 0 Å². The van der Waals surface area contributed by atoms with E-state index in [-0.39, 0.29) is 0 Å². The molecule has 0 radical (unpaired) electrons. The highest BCUT2D eigenvalue weighted by atomic mass is 16.3. The number of anilines is 2. The van der Waals surface area contributed by atoms with E-state index < -0.39 is 0 Å². The van der Waals surface area contributed by atoms with E-state index in [0.29, 0.717) is 12.5 Å². The van der Waals surface area contributed by atoms with Crippen LogP contribution in [0.1, 0.15) is 12.7 Å². The Bertz CT molecular complexity index is 457. The summed E-state index contributed by atoms with van der Waals surface area (Å²) in [6, 6.07) is 5.65. The van der Waals surface area contributed by atoms with Gasteiger partial charge in [-0.05, 0) is 25.1 Å². The van der Waals surface area contributed by atoms with Gasteiger partial charge in [0.2, 0.25) is 5.95 Å². The van der Waals surface area contributed by atoms with Crippen molar-refractivity contribution in [2.24, 2.45) is 5.84 Å². The molecule has 0 saturated carbocycles. The summed E-state index contributed by atoms with van der Waals surface area (Å²) in [5, 5.41) is 0. The van der Waals surface area contributed by atoms with Gasteiger partial charge in [0, 0.05) is 12.7 Å². The average molecular weight is 233 g/mol. The molecule has 0 fully saturated rings. The van der Waals surface area contributed by atoms with E-state index in [9.17, 15) is 0 Å². The van der Waals surface area contributed by atoms with Gasteiger partial charge in [-0.2, -0.15) is 4.98 Å². The number of nitrogens with two attached hydrogens (primary N) is 1. The minimum Gasteiger partial charge on any atom is -0.467 e. The largest absolute Gasteiger partial charge is 0.467 e. The first-order valence-corrected chi connectivity index (χ1v) is 5.40. The predicted molar refractivity (Wildman–Crippen MR) is 65.3 cm³/mol. The smallest absolute Gasteiger partial charge is 0.239 e. The summed E-state index contributed by atoms with van der Waals surface area (Å²) >= 11 is 0. The molecule has 2 heterocycles. The molecule has 6 nitrogen and oxygen atoms in total. The quantitative estimate of drug-likeness (QED) is 0.600. The van der Waals surface area contributed by atoms with Crippen LogP contribution in [0.5, 0.6) is 0 Å². The first-order chi connectivity index (χ1) is 8.33. The van der Waals surface area contributed by atoms with E-state index in [0.717, 1.165) is 18.1 Å². The summed E-state index contributed by atoms with van der Waals surface area (Å²) in [5.74, 6) is 7.40. The van der Waals surface area contributed by atoms with Gasteiger partial charge in [-0.3, -0.25) is 5.43 Å². The number of hydrogen-bond acceptors (Lipinski definition) is 6. The van der Waals surface area contributed by atoms with Gasteiger partial charge in [0.15, 0.2) is 0 Å². The van der Waals surface area contributed by atoms with Crippen LogP contribution in [0.25, 0.3) is 0 Å². The van der Waals surface area contributed by atoms with Crippen LogP contribution >= 0.6 is 0 Å². The highest BCUT2D eigenvalue weighted by Gasteiger charge is 2.09. The molecule has 2 aromatic rings. The maximum atomic E-state index is 5.32. The van der Waals surface area contributed by atoms with Crippen molar-refractivity contribution in [3.05, 3.63) is 36.4 Å². The lowest BCUT2D eigenvalue weighted by atomic mass is 10.4. The van der Waals surface area contributed by atoms with Crippen LogP contribution in [0.15, 0.2) is 35.1 Å². The lowest BCUT2D eigenvalue weighted by Crippen LogP contribution is -2.23. The fourth-order valence-electron chi connectivity index (χ4n) is 1.54. The van der Waals surface area contributed by atoms with Crippen LogP contribution in [0.4, 0.5) is 11.8 Å². The second-order valence-corrected chi connectivity index (χ2v) is 3.48. The Morgan fingerprint density at radius 1 is 1.47 bits per heavy atom. The molecule has 90 valence electrons. The molecular weight excluding hydrogens is 218 g/mol. The van der Waals surface area contributed by atoms with E-state index in [4.69, 9.17) is 10.3 Å². The van der Waals surface area contributed by atoms with Gasteiger partial charge in [-0.25, -0.2) is 10.8 Å². The van der Waals surface area contributed by atoms with E-state index in [1.165, 1.54) is 0 Å². The molecule has 6 heteroatoms. The Kier molecular flexibility index (Phi) is 3.56. The van der Waals surface area contributed by atoms with Crippen molar-refractivity contribution in [3.63, 3.8) is 0 Å². The minimum atomic E-state index is 0.403. The van der Waals surface area contributed by atoms with Crippen molar-refractivity contribution in [2.75, 3.05) is 16.9 Å². The third kappa shape index (κ3) is 2.73. The minimum absolute atomic E-state index is 0.403. The number of hydrazine groups is 1. The lowest BCUT2D eigenvalue weighted by Gasteiger charge is -2.20. The summed E-state index contributed by atoms with van der Waals surface area (Å²) in [5.41, 5.74) is 2.43. The van der Waals surface area contributed by atoms with E-state index in [1.54, 1.807) is 12.5 Å². The molecule has 2 aromatic heterocycles. The summed E-state index contributed by atoms with van der Waals surface area (Å²) in [7, 11) is 0. The number of nitrogens with zero attached hydrogens (tertiary/aromatic N) is 3. The van der Waals surface area contributed by atoms with Gasteiger partial charge >= 0.3 is 0 Å². The number of rotatable bonds is 5. The number of furan rings is 1. The Hall–Kier alpha value is -2.08. The molecule has 0 atom stereocenters. The number of hydrogen-bond donors (Lipinski definition) is 2. The van der Waals surface area contributed by atoms with Crippen LogP contribution in [0, 0.1) is 0 Å². The maximum Gasteiger partial charge on any atom is 0.239 e. The van der Waals surface area contributed by atoms with E-state index >= 15 is 0 Å². The Morgan fingerprint density at radius 2 is 2.35 bits per heavy atom. The van der Waals surface area contributed by atoms with Crippen LogP contribution < -0.4 is 16.2 Å². The molecule has 0 bridgehead atoms. The number of aromatic nitrogens is 2. The summed E-state index contributed by atoms with van der Waals surface area (Å²) in [6.07, 6.45) is 3.33. The monoisotopic (exact) mass is 233 g/mol. The third-order valence-electron chi connectivity index (χ3n) is 2.40. The molecule has 0 unspecified atom stereocenters. The lowest BCUT2D eigenvalue weighted by molar-refractivity contribution is 0.503. The van der Waals surface area contributed by atoms with Crippen molar-refractivity contribution >= 4 is 11.8 Å². The van der Waals surface area contributed by atoms with Gasteiger partial charge < -0.3 is 9.32 Å². The summed E-state index contributed by atoms with van der Waals surface area (Å²) in [4.78, 5) is 10.3. The van der Waals surface area contributed by atoms with Gasteiger partial charge in [0.1, 0.15) is 11.6 Å². The first kappa shape index (κ1) is 11.4. The molecule has 0 aliphatic heterocycles. The molecule has 3 N–H and O–H groups in total. The fourth-order valence-corrected chi connectivity index (χ4v) is 1.54. The second kappa shape index (κ2) is 5.31. The van der Waals surface area contributed by atoms with E-state index in [1.807, 2.05) is 18.2 Å². The highest BCUT2D eigenvalue weighted by molar-refractivity contribution is 5.42. The summed E-state index contributed by atoms with van der Waals surface area (Å²) < 4.78 is 5.32. The Labute approximate surface area is 99.4 Å². The summed E-state index contributed by atoms with van der Waals surface area (Å²) in [6.45, 7) is 3.55. The topological polar surface area (TPSA) is 80.2 Å². The molecular formula is C11H15N5O. The third-order valence-corrected chi connectivity index (χ3v) is 2.40. The molecule has 0 saturated heterocycles. The van der Waals surface area contributed by atoms with Crippen molar-refractivity contribution in [3.8, 4) is 0 Å². The highest BCUT2D eigenvalue weighted by Crippen LogP contribution is 2.15. The zero-order valence-electron chi connectivity index (χ0n) is 9.63. The Balaban J connectivity index is 2.16. The van der Waals surface area contributed by atoms with Gasteiger partial charge in [-0.1, -0.05) is 0 Å². The number of nitrogen functional groups attached to an aromatic ring is 1. The number of nitrogens with one attached hydrogen (secondary N) is 1.